The molecule has 0 saturated heterocycles. The molecule has 5 rings (SSSR count). The second-order valence-electron chi connectivity index (χ2n) is 7.48. The first-order chi connectivity index (χ1) is 13.5. The normalized spacial score (nSPS) is 19.9. The minimum atomic E-state index is -1.79. The number of hydrogen-bond donors (Lipinski definition) is 1. The summed E-state index contributed by atoms with van der Waals surface area (Å²) in [6, 6.07) is 10.00. The lowest BCUT2D eigenvalue weighted by molar-refractivity contribution is -0.172. The molecule has 142 valence electrons. The fourth-order valence-electron chi connectivity index (χ4n) is 4.26. The number of aliphatic hydroxyl groups is 1. The highest BCUT2D eigenvalue weighted by Gasteiger charge is 2.45. The highest BCUT2D eigenvalue weighted by atomic mass is 16.6. The van der Waals surface area contributed by atoms with Crippen LogP contribution in [0.3, 0.4) is 0 Å². The number of ether oxygens (including phenoxy) is 1. The summed E-state index contributed by atoms with van der Waals surface area (Å²) in [4.78, 5) is 30.1. The van der Waals surface area contributed by atoms with Crippen LogP contribution in [0, 0.1) is 0 Å². The van der Waals surface area contributed by atoms with Gasteiger partial charge in [-0.3, -0.25) is 4.79 Å². The Morgan fingerprint density at radius 1 is 1.21 bits per heavy atom. The van der Waals surface area contributed by atoms with E-state index in [0.29, 0.717) is 23.4 Å². The van der Waals surface area contributed by atoms with Crippen LogP contribution >= 0.6 is 0 Å². The Morgan fingerprint density at radius 3 is 2.79 bits per heavy atom. The minimum Gasteiger partial charge on any atom is -0.458 e. The Bertz CT molecular complexity index is 1230. The summed E-state index contributed by atoms with van der Waals surface area (Å²) in [5.41, 5.74) is 3.10. The second kappa shape index (κ2) is 5.75. The van der Waals surface area contributed by atoms with E-state index in [4.69, 9.17) is 9.72 Å². The van der Waals surface area contributed by atoms with E-state index in [9.17, 15) is 14.7 Å². The molecule has 0 amide bonds. The number of cyclic esters (lactones) is 1. The van der Waals surface area contributed by atoms with Gasteiger partial charge in [-0.1, -0.05) is 19.9 Å². The van der Waals surface area contributed by atoms with Gasteiger partial charge >= 0.3 is 5.97 Å². The zero-order valence-electron chi connectivity index (χ0n) is 15.8. The number of esters is 1. The molecule has 6 nitrogen and oxygen atoms in total. The summed E-state index contributed by atoms with van der Waals surface area (Å²) in [5.74, 6) is -0.705. The number of fused-ring (bicyclic) bond motifs is 5. The standard InChI is InChI=1S/C22H20N2O4/c1-3-12-5-6-17-13(7-12)8-14-10-24-18(19(14)23-17)9-16-15(20(24)25)11-28-21(26)22(16,27)4-2/h5-9,27H,3-4,10-11H2,1-2H3. The fraction of sp³-hybridized carbons (Fsp3) is 0.318. The van der Waals surface area contributed by atoms with Gasteiger partial charge in [0, 0.05) is 16.5 Å². The van der Waals surface area contributed by atoms with E-state index in [0.717, 1.165) is 28.6 Å². The van der Waals surface area contributed by atoms with E-state index in [-0.39, 0.29) is 18.6 Å². The number of aromatic nitrogens is 2. The van der Waals surface area contributed by atoms with Gasteiger partial charge in [-0.05, 0) is 42.7 Å². The van der Waals surface area contributed by atoms with Gasteiger partial charge in [-0.25, -0.2) is 9.78 Å². The van der Waals surface area contributed by atoms with Crippen LogP contribution < -0.4 is 5.56 Å². The molecule has 2 aliphatic heterocycles. The van der Waals surface area contributed by atoms with Crippen molar-refractivity contribution in [2.75, 3.05) is 0 Å². The molecule has 0 aliphatic carbocycles. The second-order valence-corrected chi connectivity index (χ2v) is 7.48. The van der Waals surface area contributed by atoms with Gasteiger partial charge in [0.25, 0.3) is 5.56 Å². The van der Waals surface area contributed by atoms with E-state index >= 15 is 0 Å². The molecule has 2 aliphatic rings. The van der Waals surface area contributed by atoms with Crippen molar-refractivity contribution >= 4 is 16.9 Å². The van der Waals surface area contributed by atoms with Crippen LogP contribution in [0.2, 0.25) is 0 Å². The molecule has 2 aromatic heterocycles. The first-order valence-electron chi connectivity index (χ1n) is 9.56. The molecular weight excluding hydrogens is 356 g/mol. The maximum atomic E-state index is 13.1. The third kappa shape index (κ3) is 2.15. The lowest BCUT2D eigenvalue weighted by Crippen LogP contribution is -2.44. The van der Waals surface area contributed by atoms with Crippen molar-refractivity contribution in [3.8, 4) is 11.4 Å². The SMILES string of the molecule is CCc1ccc2nc3c(cc2c1)Cn1c-3cc2c(c1=O)COC(=O)C2(O)CC. The topological polar surface area (TPSA) is 81.4 Å². The molecule has 0 spiro atoms. The summed E-state index contributed by atoms with van der Waals surface area (Å²) >= 11 is 0. The summed E-state index contributed by atoms with van der Waals surface area (Å²) in [6.07, 6.45) is 1.09. The first kappa shape index (κ1) is 17.1. The molecule has 0 fully saturated rings. The Hall–Kier alpha value is -2.99. The van der Waals surface area contributed by atoms with Crippen molar-refractivity contribution < 1.29 is 14.6 Å². The minimum absolute atomic E-state index is 0.110. The average molecular weight is 376 g/mol. The number of nitrogens with zero attached hydrogens (tertiary/aromatic N) is 2. The lowest BCUT2D eigenvalue weighted by Gasteiger charge is -2.31. The Morgan fingerprint density at radius 2 is 2.04 bits per heavy atom. The molecule has 1 aromatic carbocycles. The van der Waals surface area contributed by atoms with Crippen LogP contribution in [0.25, 0.3) is 22.3 Å². The third-order valence-corrected chi connectivity index (χ3v) is 5.98. The smallest absolute Gasteiger partial charge is 0.343 e. The number of carbonyl (C=O) groups excluding carboxylic acids is 1. The number of rotatable bonds is 2. The Balaban J connectivity index is 1.76. The maximum Gasteiger partial charge on any atom is 0.343 e. The van der Waals surface area contributed by atoms with Crippen molar-refractivity contribution in [2.45, 2.75) is 45.4 Å². The molecule has 28 heavy (non-hydrogen) atoms. The molecular formula is C22H20N2O4. The van der Waals surface area contributed by atoms with Gasteiger partial charge < -0.3 is 14.4 Å². The van der Waals surface area contributed by atoms with Crippen molar-refractivity contribution in [1.82, 2.24) is 9.55 Å². The summed E-state index contributed by atoms with van der Waals surface area (Å²) < 4.78 is 6.76. The van der Waals surface area contributed by atoms with Crippen molar-refractivity contribution in [3.05, 3.63) is 62.9 Å². The molecule has 0 bridgehead atoms. The molecule has 0 radical (unpaired) electrons. The van der Waals surface area contributed by atoms with Crippen LogP contribution in [0.1, 0.15) is 42.5 Å². The van der Waals surface area contributed by atoms with Crippen LogP contribution in [0.4, 0.5) is 0 Å². The van der Waals surface area contributed by atoms with Crippen LogP contribution in [0.5, 0.6) is 0 Å². The van der Waals surface area contributed by atoms with Gasteiger partial charge in [0.05, 0.1) is 29.0 Å². The summed E-state index contributed by atoms with van der Waals surface area (Å²) in [7, 11) is 0. The van der Waals surface area contributed by atoms with Crippen LogP contribution in [-0.2, 0) is 34.7 Å². The van der Waals surface area contributed by atoms with E-state index in [1.165, 1.54) is 5.56 Å². The third-order valence-electron chi connectivity index (χ3n) is 5.98. The molecule has 1 atom stereocenters. The Kier molecular flexibility index (Phi) is 3.52. The molecule has 1 N–H and O–H groups in total. The molecule has 6 heteroatoms. The van der Waals surface area contributed by atoms with E-state index in [2.05, 4.69) is 25.1 Å². The largest absolute Gasteiger partial charge is 0.458 e. The predicted octanol–water partition coefficient (Wildman–Crippen LogP) is 2.64. The summed E-state index contributed by atoms with van der Waals surface area (Å²) in [6.45, 7) is 4.13. The number of pyridine rings is 2. The number of aryl methyl sites for hydroxylation is 1. The van der Waals surface area contributed by atoms with E-state index in [1.807, 2.05) is 6.07 Å². The molecule has 1 unspecified atom stereocenters. The zero-order valence-corrected chi connectivity index (χ0v) is 15.8. The van der Waals surface area contributed by atoms with Crippen molar-refractivity contribution in [3.63, 3.8) is 0 Å². The van der Waals surface area contributed by atoms with Crippen molar-refractivity contribution in [2.24, 2.45) is 0 Å². The van der Waals surface area contributed by atoms with Gasteiger partial charge in [0.15, 0.2) is 5.60 Å². The summed E-state index contributed by atoms with van der Waals surface area (Å²) in [5, 5.41) is 11.9. The predicted molar refractivity (Wildman–Crippen MR) is 104 cm³/mol. The maximum absolute atomic E-state index is 13.1. The average Bonchev–Trinajstić information content (AvgIpc) is 3.07. The van der Waals surface area contributed by atoms with Crippen LogP contribution in [-0.4, -0.2) is 20.6 Å². The quantitative estimate of drug-likeness (QED) is 0.544. The molecule has 0 saturated carbocycles. The van der Waals surface area contributed by atoms with Gasteiger partial charge in [-0.2, -0.15) is 0 Å². The zero-order chi connectivity index (χ0) is 19.6. The fourth-order valence-corrected chi connectivity index (χ4v) is 4.26. The number of benzene rings is 1. The first-order valence-corrected chi connectivity index (χ1v) is 9.56. The highest BCUT2D eigenvalue weighted by molar-refractivity contribution is 5.86. The molecule has 3 aromatic rings. The number of carbonyl (C=O) groups is 1. The van der Waals surface area contributed by atoms with E-state index in [1.54, 1.807) is 17.6 Å². The van der Waals surface area contributed by atoms with Crippen molar-refractivity contribution in [1.29, 1.82) is 0 Å². The monoisotopic (exact) mass is 376 g/mol. The molecule has 4 heterocycles. The van der Waals surface area contributed by atoms with Crippen LogP contribution in [0.15, 0.2) is 35.1 Å². The lowest BCUT2D eigenvalue weighted by atomic mass is 9.86. The van der Waals surface area contributed by atoms with Gasteiger partial charge in [-0.15, -0.1) is 0 Å². The van der Waals surface area contributed by atoms with E-state index < -0.39 is 11.6 Å². The Labute approximate surface area is 161 Å². The highest BCUT2D eigenvalue weighted by Crippen LogP contribution is 2.38. The van der Waals surface area contributed by atoms with Gasteiger partial charge in [0.2, 0.25) is 0 Å². The van der Waals surface area contributed by atoms with Gasteiger partial charge in [0.1, 0.15) is 6.61 Å². The number of hydrogen-bond acceptors (Lipinski definition) is 5.